The molecule has 0 aromatic heterocycles. The molecule has 0 heterocycles. The highest BCUT2D eigenvalue weighted by atomic mass is 32.2. The molecule has 0 fully saturated rings. The monoisotopic (exact) mass is 259 g/mol. The van der Waals surface area contributed by atoms with E-state index in [2.05, 4.69) is 32.0 Å². The van der Waals surface area contributed by atoms with Gasteiger partial charge in [-0.1, -0.05) is 17.8 Å². The van der Waals surface area contributed by atoms with Crippen molar-refractivity contribution in [2.75, 3.05) is 0 Å². The van der Waals surface area contributed by atoms with Gasteiger partial charge in [0.05, 0.1) is 4.92 Å². The number of hydrogen-bond acceptors (Lipinski definition) is 3. The first-order valence-corrected chi connectivity index (χ1v) is 6.37. The van der Waals surface area contributed by atoms with Crippen LogP contribution in [0.25, 0.3) is 0 Å². The number of rotatable bonds is 3. The first-order chi connectivity index (χ1) is 8.54. The lowest BCUT2D eigenvalue weighted by molar-refractivity contribution is -0.384. The normalized spacial score (nSPS) is 10.3. The number of hydrogen-bond donors (Lipinski definition) is 0. The van der Waals surface area contributed by atoms with Gasteiger partial charge in [0.1, 0.15) is 0 Å². The van der Waals surface area contributed by atoms with Gasteiger partial charge in [-0.3, -0.25) is 10.1 Å². The molecule has 0 bridgehead atoms. The number of benzene rings is 2. The van der Waals surface area contributed by atoms with E-state index in [1.807, 2.05) is 0 Å². The summed E-state index contributed by atoms with van der Waals surface area (Å²) < 4.78 is 0. The summed E-state index contributed by atoms with van der Waals surface area (Å²) in [5.74, 6) is 0. The zero-order valence-corrected chi connectivity index (χ0v) is 11.0. The minimum absolute atomic E-state index is 0.125. The van der Waals surface area contributed by atoms with Crippen molar-refractivity contribution in [3.63, 3.8) is 0 Å². The van der Waals surface area contributed by atoms with Crippen molar-refractivity contribution < 1.29 is 4.92 Å². The van der Waals surface area contributed by atoms with Gasteiger partial charge in [-0.2, -0.15) is 0 Å². The molecule has 0 aliphatic rings. The predicted octanol–water partition coefficient (Wildman–Crippen LogP) is 4.36. The molecular weight excluding hydrogens is 246 g/mol. The van der Waals surface area contributed by atoms with E-state index >= 15 is 0 Å². The van der Waals surface area contributed by atoms with E-state index in [0.29, 0.717) is 0 Å². The van der Waals surface area contributed by atoms with Crippen LogP contribution in [0.5, 0.6) is 0 Å². The summed E-state index contributed by atoms with van der Waals surface area (Å²) in [4.78, 5) is 12.3. The highest BCUT2D eigenvalue weighted by molar-refractivity contribution is 7.99. The Hall–Kier alpha value is -1.81. The van der Waals surface area contributed by atoms with Crippen molar-refractivity contribution in [3.8, 4) is 0 Å². The molecule has 2 aromatic carbocycles. The Labute approximate surface area is 110 Å². The maximum absolute atomic E-state index is 10.6. The molecule has 0 unspecified atom stereocenters. The summed E-state index contributed by atoms with van der Waals surface area (Å²) in [5.41, 5.74) is 2.57. The molecule has 2 rings (SSSR count). The lowest BCUT2D eigenvalue weighted by Gasteiger charge is -2.04. The number of nitro benzene ring substituents is 1. The van der Waals surface area contributed by atoms with E-state index in [4.69, 9.17) is 0 Å². The Morgan fingerprint density at radius 2 is 1.50 bits per heavy atom. The summed E-state index contributed by atoms with van der Waals surface area (Å²) in [6, 6.07) is 13.0. The standard InChI is InChI=1S/C14H13NO2S/c1-10-7-11(2)9-14(8-10)18-13-5-3-12(4-6-13)15(16)17/h3-9H,1-2H3. The second-order valence-corrected chi connectivity index (χ2v) is 5.32. The summed E-state index contributed by atoms with van der Waals surface area (Å²) in [6.45, 7) is 4.12. The molecule has 0 saturated carbocycles. The van der Waals surface area contributed by atoms with Gasteiger partial charge in [0, 0.05) is 21.9 Å². The fourth-order valence-corrected chi connectivity index (χ4v) is 2.80. The maximum Gasteiger partial charge on any atom is 0.269 e. The van der Waals surface area contributed by atoms with E-state index < -0.39 is 0 Å². The first-order valence-electron chi connectivity index (χ1n) is 5.55. The van der Waals surface area contributed by atoms with Gasteiger partial charge in [0.15, 0.2) is 0 Å². The molecule has 3 nitrogen and oxygen atoms in total. The van der Waals surface area contributed by atoms with Gasteiger partial charge in [-0.15, -0.1) is 0 Å². The van der Waals surface area contributed by atoms with Crippen LogP contribution < -0.4 is 0 Å². The van der Waals surface area contributed by atoms with Gasteiger partial charge in [-0.25, -0.2) is 0 Å². The van der Waals surface area contributed by atoms with Crippen LogP contribution in [-0.4, -0.2) is 4.92 Å². The Morgan fingerprint density at radius 3 is 2.00 bits per heavy atom. The zero-order valence-electron chi connectivity index (χ0n) is 10.2. The second-order valence-electron chi connectivity index (χ2n) is 4.18. The van der Waals surface area contributed by atoms with Gasteiger partial charge >= 0.3 is 0 Å². The average molecular weight is 259 g/mol. The van der Waals surface area contributed by atoms with E-state index in [0.717, 1.165) is 9.79 Å². The summed E-state index contributed by atoms with van der Waals surface area (Å²) in [5, 5.41) is 10.6. The molecule has 0 atom stereocenters. The van der Waals surface area contributed by atoms with E-state index in [-0.39, 0.29) is 10.6 Å². The van der Waals surface area contributed by atoms with E-state index in [1.165, 1.54) is 23.3 Å². The molecule has 0 N–H and O–H groups in total. The highest BCUT2D eigenvalue weighted by Gasteiger charge is 2.05. The Morgan fingerprint density at radius 1 is 0.944 bits per heavy atom. The van der Waals surface area contributed by atoms with Gasteiger partial charge < -0.3 is 0 Å². The van der Waals surface area contributed by atoms with Gasteiger partial charge in [0.25, 0.3) is 5.69 Å². The molecule has 0 radical (unpaired) electrons. The minimum atomic E-state index is -0.384. The van der Waals surface area contributed by atoms with Crippen molar-refractivity contribution in [2.24, 2.45) is 0 Å². The third-order valence-corrected chi connectivity index (χ3v) is 3.46. The van der Waals surface area contributed by atoms with Gasteiger partial charge in [0.2, 0.25) is 0 Å². The summed E-state index contributed by atoms with van der Waals surface area (Å²) in [7, 11) is 0. The third kappa shape index (κ3) is 3.11. The van der Waals surface area contributed by atoms with Crippen LogP contribution in [0.1, 0.15) is 11.1 Å². The SMILES string of the molecule is Cc1cc(C)cc(Sc2ccc([N+](=O)[O-])cc2)c1. The second kappa shape index (κ2) is 5.23. The van der Waals surface area contributed by atoms with E-state index in [1.54, 1.807) is 23.9 Å². The minimum Gasteiger partial charge on any atom is -0.258 e. The number of nitrogens with zero attached hydrogens (tertiary/aromatic N) is 1. The van der Waals surface area contributed by atoms with Crippen LogP contribution in [-0.2, 0) is 0 Å². The Kier molecular flexibility index (Phi) is 3.67. The summed E-state index contributed by atoms with van der Waals surface area (Å²) in [6.07, 6.45) is 0. The fraction of sp³-hybridized carbons (Fsp3) is 0.143. The Bertz CT molecular complexity index is 559. The van der Waals surface area contributed by atoms with Gasteiger partial charge in [-0.05, 0) is 49.2 Å². The molecule has 0 aliphatic heterocycles. The Balaban J connectivity index is 2.20. The van der Waals surface area contributed by atoms with Crippen LogP contribution in [0.3, 0.4) is 0 Å². The predicted molar refractivity (Wildman–Crippen MR) is 73.1 cm³/mol. The maximum atomic E-state index is 10.6. The average Bonchev–Trinajstić information content (AvgIpc) is 2.28. The van der Waals surface area contributed by atoms with Crippen molar-refractivity contribution in [1.29, 1.82) is 0 Å². The quantitative estimate of drug-likeness (QED) is 0.607. The molecule has 0 saturated heterocycles. The van der Waals surface area contributed by atoms with Crippen molar-refractivity contribution in [2.45, 2.75) is 23.6 Å². The lowest BCUT2D eigenvalue weighted by atomic mass is 10.2. The van der Waals surface area contributed by atoms with Crippen molar-refractivity contribution in [3.05, 3.63) is 63.7 Å². The van der Waals surface area contributed by atoms with Crippen LogP contribution in [0.4, 0.5) is 5.69 Å². The largest absolute Gasteiger partial charge is 0.269 e. The first kappa shape index (κ1) is 12.6. The van der Waals surface area contributed by atoms with Crippen molar-refractivity contribution in [1.82, 2.24) is 0 Å². The number of nitro groups is 1. The molecule has 0 amide bonds. The molecule has 2 aromatic rings. The lowest BCUT2D eigenvalue weighted by Crippen LogP contribution is -1.86. The van der Waals surface area contributed by atoms with E-state index in [9.17, 15) is 10.1 Å². The number of aryl methyl sites for hydroxylation is 2. The molecule has 92 valence electrons. The van der Waals surface area contributed by atoms with Crippen LogP contribution in [0.2, 0.25) is 0 Å². The summed E-state index contributed by atoms with van der Waals surface area (Å²) >= 11 is 1.61. The fourth-order valence-electron chi connectivity index (χ4n) is 1.76. The zero-order chi connectivity index (χ0) is 13.1. The van der Waals surface area contributed by atoms with Crippen LogP contribution in [0.15, 0.2) is 52.3 Å². The van der Waals surface area contributed by atoms with Crippen LogP contribution >= 0.6 is 11.8 Å². The highest BCUT2D eigenvalue weighted by Crippen LogP contribution is 2.30. The van der Waals surface area contributed by atoms with Crippen molar-refractivity contribution >= 4 is 17.4 Å². The molecular formula is C14H13NO2S. The molecule has 4 heteroatoms. The molecule has 0 aliphatic carbocycles. The molecule has 18 heavy (non-hydrogen) atoms. The van der Waals surface area contributed by atoms with Crippen LogP contribution in [0, 0.1) is 24.0 Å². The number of non-ortho nitro benzene ring substituents is 1. The third-order valence-electron chi connectivity index (χ3n) is 2.48. The topological polar surface area (TPSA) is 43.1 Å². The molecule has 0 spiro atoms. The smallest absolute Gasteiger partial charge is 0.258 e.